The van der Waals surface area contributed by atoms with Crippen LogP contribution < -0.4 is 10.6 Å². The number of amides is 6. The first kappa shape index (κ1) is 29.0. The van der Waals surface area contributed by atoms with E-state index in [1.54, 1.807) is 36.4 Å². The molecule has 2 aromatic carbocycles. The number of piperidine rings is 1. The molecule has 13 heteroatoms. The number of hydrogen-bond donors (Lipinski definition) is 2. The summed E-state index contributed by atoms with van der Waals surface area (Å²) in [6.45, 7) is 2.31. The lowest BCUT2D eigenvalue weighted by atomic mass is 10.0. The van der Waals surface area contributed by atoms with E-state index in [1.807, 2.05) is 0 Å². The van der Waals surface area contributed by atoms with Crippen molar-refractivity contribution in [3.8, 4) is 0 Å². The van der Waals surface area contributed by atoms with Crippen molar-refractivity contribution >= 4 is 41.1 Å². The zero-order chi connectivity index (χ0) is 29.6. The molecule has 0 radical (unpaired) electrons. The molecule has 3 aliphatic heterocycles. The number of rotatable bonds is 14. The molecular formula is C29H30N4O9. The SMILES string of the molecule is O=C1CCC(N2C(=O)c3cccc(NCCOCCOCCOCCN4C(=O)c5ccccc5C4=O)c3C2=O)C(=O)N1. The maximum Gasteiger partial charge on any atom is 0.264 e. The monoisotopic (exact) mass is 578 g/mol. The third-order valence-electron chi connectivity index (χ3n) is 7.11. The lowest BCUT2D eigenvalue weighted by molar-refractivity contribution is -0.136. The number of nitrogens with one attached hydrogen (secondary N) is 2. The van der Waals surface area contributed by atoms with Gasteiger partial charge in [-0.05, 0) is 30.7 Å². The largest absolute Gasteiger partial charge is 0.382 e. The molecule has 0 spiro atoms. The van der Waals surface area contributed by atoms with E-state index in [1.165, 1.54) is 11.0 Å². The average molecular weight is 579 g/mol. The first-order valence-electron chi connectivity index (χ1n) is 13.7. The quantitative estimate of drug-likeness (QED) is 0.243. The van der Waals surface area contributed by atoms with E-state index < -0.39 is 29.7 Å². The number of fused-ring (bicyclic) bond motifs is 2. The molecule has 2 N–H and O–H groups in total. The summed E-state index contributed by atoms with van der Waals surface area (Å²) in [5.74, 6) is -2.84. The van der Waals surface area contributed by atoms with Crippen LogP contribution in [0.4, 0.5) is 5.69 Å². The van der Waals surface area contributed by atoms with Gasteiger partial charge in [0.1, 0.15) is 6.04 Å². The molecule has 5 rings (SSSR count). The smallest absolute Gasteiger partial charge is 0.264 e. The van der Waals surface area contributed by atoms with Crippen LogP contribution in [0.1, 0.15) is 54.3 Å². The van der Waals surface area contributed by atoms with Crippen molar-refractivity contribution in [3.63, 3.8) is 0 Å². The van der Waals surface area contributed by atoms with Crippen LogP contribution in [0.25, 0.3) is 0 Å². The second-order valence-electron chi connectivity index (χ2n) is 9.75. The molecule has 0 bridgehead atoms. The molecule has 0 aliphatic carbocycles. The third-order valence-corrected chi connectivity index (χ3v) is 7.11. The van der Waals surface area contributed by atoms with E-state index >= 15 is 0 Å². The first-order chi connectivity index (χ1) is 20.4. The van der Waals surface area contributed by atoms with Crippen molar-refractivity contribution in [1.82, 2.24) is 15.1 Å². The zero-order valence-electron chi connectivity index (χ0n) is 22.8. The molecule has 2 aromatic rings. The van der Waals surface area contributed by atoms with Gasteiger partial charge >= 0.3 is 0 Å². The van der Waals surface area contributed by atoms with Crippen LogP contribution in [0.5, 0.6) is 0 Å². The molecule has 220 valence electrons. The van der Waals surface area contributed by atoms with Gasteiger partial charge < -0.3 is 19.5 Å². The summed E-state index contributed by atoms with van der Waals surface area (Å²) < 4.78 is 16.5. The van der Waals surface area contributed by atoms with Crippen LogP contribution >= 0.6 is 0 Å². The van der Waals surface area contributed by atoms with Crippen molar-refractivity contribution in [1.29, 1.82) is 0 Å². The molecule has 0 aromatic heterocycles. The van der Waals surface area contributed by atoms with E-state index in [9.17, 15) is 28.8 Å². The van der Waals surface area contributed by atoms with Gasteiger partial charge in [-0.2, -0.15) is 0 Å². The number of benzene rings is 2. The lowest BCUT2D eigenvalue weighted by Gasteiger charge is -2.27. The number of imide groups is 3. The Morgan fingerprint density at radius 2 is 1.33 bits per heavy atom. The number of carbonyl (C=O) groups excluding carboxylic acids is 6. The van der Waals surface area contributed by atoms with Gasteiger partial charge in [0.2, 0.25) is 11.8 Å². The number of anilines is 1. The van der Waals surface area contributed by atoms with Gasteiger partial charge in [-0.1, -0.05) is 18.2 Å². The molecule has 42 heavy (non-hydrogen) atoms. The molecular weight excluding hydrogens is 548 g/mol. The van der Waals surface area contributed by atoms with Gasteiger partial charge in [-0.15, -0.1) is 0 Å². The summed E-state index contributed by atoms with van der Waals surface area (Å²) in [6.07, 6.45) is 0.151. The molecule has 6 amide bonds. The van der Waals surface area contributed by atoms with Crippen LogP contribution in [0.3, 0.4) is 0 Å². The second-order valence-corrected chi connectivity index (χ2v) is 9.75. The minimum absolute atomic E-state index is 0.0573. The first-order valence-corrected chi connectivity index (χ1v) is 13.7. The van der Waals surface area contributed by atoms with E-state index in [-0.39, 0.29) is 48.9 Å². The van der Waals surface area contributed by atoms with Crippen molar-refractivity contribution in [2.75, 3.05) is 58.0 Å². The Bertz CT molecular complexity index is 1390. The number of hydrogen-bond acceptors (Lipinski definition) is 10. The summed E-state index contributed by atoms with van der Waals surface area (Å²) in [5, 5.41) is 5.29. The van der Waals surface area contributed by atoms with Gasteiger partial charge in [0.05, 0.1) is 68.4 Å². The Morgan fingerprint density at radius 3 is 2.00 bits per heavy atom. The predicted octanol–water partition coefficient (Wildman–Crippen LogP) is 0.846. The minimum atomic E-state index is -1.02. The minimum Gasteiger partial charge on any atom is -0.382 e. The topological polar surface area (TPSA) is 161 Å². The van der Waals surface area contributed by atoms with Crippen molar-refractivity contribution in [3.05, 3.63) is 64.7 Å². The van der Waals surface area contributed by atoms with Gasteiger partial charge in [-0.25, -0.2) is 0 Å². The maximum atomic E-state index is 13.1. The van der Waals surface area contributed by atoms with Gasteiger partial charge in [0.15, 0.2) is 0 Å². The van der Waals surface area contributed by atoms with E-state index in [0.29, 0.717) is 56.4 Å². The lowest BCUT2D eigenvalue weighted by Crippen LogP contribution is -2.54. The third kappa shape index (κ3) is 5.93. The second kappa shape index (κ2) is 13.0. The summed E-state index contributed by atoms with van der Waals surface area (Å²) in [6, 6.07) is 10.6. The Labute approximate surface area is 241 Å². The van der Waals surface area contributed by atoms with Crippen LogP contribution in [-0.4, -0.2) is 104 Å². The van der Waals surface area contributed by atoms with Gasteiger partial charge in [0, 0.05) is 18.7 Å². The van der Waals surface area contributed by atoms with Gasteiger partial charge in [0.25, 0.3) is 23.6 Å². The highest BCUT2D eigenvalue weighted by Gasteiger charge is 2.45. The van der Waals surface area contributed by atoms with Crippen LogP contribution in [-0.2, 0) is 23.8 Å². The molecule has 1 atom stereocenters. The zero-order valence-corrected chi connectivity index (χ0v) is 22.8. The number of nitrogens with zero attached hydrogens (tertiary/aromatic N) is 2. The summed E-state index contributed by atoms with van der Waals surface area (Å²) in [5.41, 5.74) is 1.68. The standard InChI is InChI=1S/C29H30N4O9/c34-23-9-8-22(25(35)31-23)33-28(38)20-6-3-7-21(24(20)29(33)39)30-10-12-40-14-16-42-17-15-41-13-11-32-26(36)18-4-1-2-5-19(18)27(32)37/h1-7,22,30H,8-17H2,(H,31,34,35). The number of carbonyl (C=O) groups is 6. The van der Waals surface area contributed by atoms with Crippen LogP contribution in [0.15, 0.2) is 42.5 Å². The summed E-state index contributed by atoms with van der Waals surface area (Å²) >= 11 is 0. The van der Waals surface area contributed by atoms with Crippen molar-refractivity contribution < 1.29 is 43.0 Å². The number of ether oxygens (including phenoxy) is 3. The van der Waals surface area contributed by atoms with E-state index in [0.717, 1.165) is 4.90 Å². The normalized spacial score (nSPS) is 18.0. The molecule has 0 saturated carbocycles. The highest BCUT2D eigenvalue weighted by Crippen LogP contribution is 2.32. The van der Waals surface area contributed by atoms with E-state index in [4.69, 9.17) is 14.2 Å². The van der Waals surface area contributed by atoms with Crippen LogP contribution in [0, 0.1) is 0 Å². The Kier molecular flexibility index (Phi) is 9.00. The average Bonchev–Trinajstić information content (AvgIpc) is 3.38. The van der Waals surface area contributed by atoms with E-state index in [2.05, 4.69) is 10.6 Å². The molecule has 13 nitrogen and oxygen atoms in total. The van der Waals surface area contributed by atoms with Crippen molar-refractivity contribution in [2.45, 2.75) is 18.9 Å². The summed E-state index contributed by atoms with van der Waals surface area (Å²) in [7, 11) is 0. The fourth-order valence-corrected chi connectivity index (χ4v) is 5.06. The fourth-order valence-electron chi connectivity index (χ4n) is 5.06. The molecule has 1 unspecified atom stereocenters. The Balaban J connectivity index is 0.950. The Morgan fingerprint density at radius 1 is 0.714 bits per heavy atom. The maximum absolute atomic E-state index is 13.1. The predicted molar refractivity (Wildman–Crippen MR) is 146 cm³/mol. The van der Waals surface area contributed by atoms with Crippen LogP contribution in [0.2, 0.25) is 0 Å². The Hall–Kier alpha value is -4.46. The molecule has 3 aliphatic rings. The highest BCUT2D eigenvalue weighted by atomic mass is 16.5. The fraction of sp³-hybridized carbons (Fsp3) is 0.379. The van der Waals surface area contributed by atoms with Crippen molar-refractivity contribution in [2.24, 2.45) is 0 Å². The highest BCUT2D eigenvalue weighted by molar-refractivity contribution is 6.25. The molecule has 1 saturated heterocycles. The molecule has 1 fully saturated rings. The molecule has 3 heterocycles. The van der Waals surface area contributed by atoms with Gasteiger partial charge in [-0.3, -0.25) is 43.9 Å². The summed E-state index contributed by atoms with van der Waals surface area (Å²) in [4.78, 5) is 76.5.